The number of aromatic amines is 1. The van der Waals surface area contributed by atoms with Crippen LogP contribution in [-0.4, -0.2) is 55.9 Å². The van der Waals surface area contributed by atoms with Gasteiger partial charge in [-0.3, -0.25) is 10.1 Å². The first-order valence-corrected chi connectivity index (χ1v) is 14.2. The SMILES string of the molecule is CCCS(=O)(=O)NC(COCCSc1ccccc1)NCCc1ccc(O)c2[nH]c(=O)sc12.Cl. The number of halogens is 1. The maximum atomic E-state index is 12.3. The van der Waals surface area contributed by atoms with Crippen LogP contribution in [-0.2, 0) is 21.2 Å². The van der Waals surface area contributed by atoms with Crippen molar-refractivity contribution in [2.45, 2.75) is 30.8 Å². The number of phenolic OH excluding ortho intramolecular Hbond substituents is 1. The van der Waals surface area contributed by atoms with Gasteiger partial charge in [0.15, 0.2) is 0 Å². The van der Waals surface area contributed by atoms with Crippen LogP contribution < -0.4 is 14.9 Å². The number of benzene rings is 2. The van der Waals surface area contributed by atoms with E-state index in [-0.39, 0.29) is 35.4 Å². The number of sulfonamides is 1. The van der Waals surface area contributed by atoms with E-state index < -0.39 is 16.2 Å². The van der Waals surface area contributed by atoms with Crippen molar-refractivity contribution in [2.75, 3.05) is 31.3 Å². The van der Waals surface area contributed by atoms with E-state index in [1.54, 1.807) is 23.9 Å². The van der Waals surface area contributed by atoms with Crippen LogP contribution in [0.1, 0.15) is 18.9 Å². The number of thiazole rings is 1. The molecule has 12 heteroatoms. The third-order valence-corrected chi connectivity index (χ3v) is 8.27. The molecule has 3 aromatic rings. The number of phenols is 1. The van der Waals surface area contributed by atoms with E-state index in [1.807, 2.05) is 37.3 Å². The quantitative estimate of drug-likeness (QED) is 0.139. The van der Waals surface area contributed by atoms with Gasteiger partial charge in [-0.25, -0.2) is 8.42 Å². The lowest BCUT2D eigenvalue weighted by molar-refractivity contribution is 0.122. The van der Waals surface area contributed by atoms with Crippen molar-refractivity contribution >= 4 is 55.7 Å². The number of rotatable bonds is 14. The molecule has 8 nitrogen and oxygen atoms in total. The number of H-pyrrole nitrogens is 1. The molecule has 3 rings (SSSR count). The monoisotopic (exact) mass is 547 g/mol. The van der Waals surface area contributed by atoms with E-state index >= 15 is 0 Å². The summed E-state index contributed by atoms with van der Waals surface area (Å²) in [5.74, 6) is 0.841. The van der Waals surface area contributed by atoms with Crippen molar-refractivity contribution in [1.82, 2.24) is 15.0 Å². The molecule has 0 saturated carbocycles. The zero-order valence-corrected chi connectivity index (χ0v) is 22.0. The predicted molar refractivity (Wildman–Crippen MR) is 142 cm³/mol. The Morgan fingerprint density at radius 1 is 1.21 bits per heavy atom. The van der Waals surface area contributed by atoms with Gasteiger partial charge in [0.25, 0.3) is 0 Å². The largest absolute Gasteiger partial charge is 0.506 e. The standard InChI is InChI=1S/C22H29N3O5S3.ClH/c1-2-14-33(28,29)25-19(15-30-12-13-31-17-6-4-3-5-7-17)23-11-10-16-8-9-18(26)20-21(16)32-22(27)24-20;/h3-9,19,23,25-26H,2,10-15H2,1H3,(H,24,27);1H. The van der Waals surface area contributed by atoms with Gasteiger partial charge in [0.1, 0.15) is 11.3 Å². The van der Waals surface area contributed by atoms with Gasteiger partial charge >= 0.3 is 4.87 Å². The van der Waals surface area contributed by atoms with Gasteiger partial charge in [0, 0.05) is 17.2 Å². The second kappa shape index (κ2) is 14.1. The van der Waals surface area contributed by atoms with Crippen molar-refractivity contribution in [2.24, 2.45) is 0 Å². The summed E-state index contributed by atoms with van der Waals surface area (Å²) in [4.78, 5) is 15.3. The summed E-state index contributed by atoms with van der Waals surface area (Å²) in [7, 11) is -3.42. The Balaban J connectivity index is 0.00000408. The van der Waals surface area contributed by atoms with Gasteiger partial charge in [-0.05, 0) is 36.6 Å². The van der Waals surface area contributed by atoms with Crippen LogP contribution in [0.5, 0.6) is 5.75 Å². The van der Waals surface area contributed by atoms with E-state index in [0.717, 1.165) is 27.5 Å². The van der Waals surface area contributed by atoms with Gasteiger partial charge in [0.05, 0.1) is 29.8 Å². The molecule has 0 saturated heterocycles. The smallest absolute Gasteiger partial charge is 0.305 e. The molecule has 188 valence electrons. The number of thioether (sulfide) groups is 1. The highest BCUT2D eigenvalue weighted by atomic mass is 35.5. The van der Waals surface area contributed by atoms with Gasteiger partial charge in [-0.15, -0.1) is 24.2 Å². The van der Waals surface area contributed by atoms with E-state index in [9.17, 15) is 18.3 Å². The van der Waals surface area contributed by atoms with Crippen LogP contribution in [0.2, 0.25) is 0 Å². The van der Waals surface area contributed by atoms with Gasteiger partial charge < -0.3 is 14.8 Å². The first-order chi connectivity index (χ1) is 15.9. The molecule has 0 fully saturated rings. The fourth-order valence-corrected chi connectivity index (χ4v) is 6.19. The highest BCUT2D eigenvalue weighted by Gasteiger charge is 2.17. The number of hydrogen-bond donors (Lipinski definition) is 4. The van der Waals surface area contributed by atoms with Crippen molar-refractivity contribution in [1.29, 1.82) is 0 Å². The topological polar surface area (TPSA) is 121 Å². The molecule has 0 aliphatic heterocycles. The zero-order chi connectivity index (χ0) is 23.7. The second-order valence-corrected chi connectivity index (χ2v) is 11.4. The van der Waals surface area contributed by atoms with Gasteiger partial charge in [-0.1, -0.05) is 42.5 Å². The lowest BCUT2D eigenvalue weighted by Gasteiger charge is -2.20. The molecule has 34 heavy (non-hydrogen) atoms. The fraction of sp³-hybridized carbons (Fsp3) is 0.409. The molecule has 1 heterocycles. The summed E-state index contributed by atoms with van der Waals surface area (Å²) < 4.78 is 33.7. The van der Waals surface area contributed by atoms with Crippen LogP contribution in [0, 0.1) is 0 Å². The summed E-state index contributed by atoms with van der Waals surface area (Å²) in [6.45, 7) is 2.97. The molecule has 0 spiro atoms. The number of ether oxygens (including phenoxy) is 1. The molecule has 0 bridgehead atoms. The summed E-state index contributed by atoms with van der Waals surface area (Å²) >= 11 is 2.73. The summed E-state index contributed by atoms with van der Waals surface area (Å²) in [6.07, 6.45) is 0.510. The van der Waals surface area contributed by atoms with Crippen LogP contribution in [0.4, 0.5) is 0 Å². The van der Waals surface area contributed by atoms with Crippen molar-refractivity contribution in [3.05, 3.63) is 57.7 Å². The number of hydrogen-bond acceptors (Lipinski definition) is 8. The summed E-state index contributed by atoms with van der Waals surface area (Å²) in [5, 5.41) is 13.1. The van der Waals surface area contributed by atoms with Crippen LogP contribution >= 0.6 is 35.5 Å². The minimum atomic E-state index is -3.42. The Hall–Kier alpha value is -1.60. The van der Waals surface area contributed by atoms with Gasteiger partial charge in [0.2, 0.25) is 10.0 Å². The molecule has 0 aliphatic carbocycles. The molecule has 0 radical (unpaired) electrons. The lowest BCUT2D eigenvalue weighted by Crippen LogP contribution is -2.49. The lowest BCUT2D eigenvalue weighted by atomic mass is 10.1. The average Bonchev–Trinajstić information content (AvgIpc) is 3.18. The van der Waals surface area contributed by atoms with Crippen molar-refractivity contribution in [3.8, 4) is 5.75 Å². The number of aromatic hydroxyl groups is 1. The van der Waals surface area contributed by atoms with E-state index in [4.69, 9.17) is 4.74 Å². The fourth-order valence-electron chi connectivity index (χ4n) is 3.27. The van der Waals surface area contributed by atoms with Crippen molar-refractivity contribution < 1.29 is 18.3 Å². The molecule has 4 N–H and O–H groups in total. The van der Waals surface area contributed by atoms with Crippen molar-refractivity contribution in [3.63, 3.8) is 0 Å². The number of aromatic nitrogens is 1. The molecule has 2 aromatic carbocycles. The maximum Gasteiger partial charge on any atom is 0.305 e. The highest BCUT2D eigenvalue weighted by molar-refractivity contribution is 7.99. The summed E-state index contributed by atoms with van der Waals surface area (Å²) in [6, 6.07) is 13.3. The normalized spacial score (nSPS) is 12.5. The van der Waals surface area contributed by atoms with Crippen LogP contribution in [0.3, 0.4) is 0 Å². The maximum absolute atomic E-state index is 12.3. The average molecular weight is 548 g/mol. The van der Waals surface area contributed by atoms with Crippen LogP contribution in [0.15, 0.2) is 52.2 Å². The first kappa shape index (κ1) is 28.6. The Labute approximate surface area is 214 Å². The molecule has 1 aromatic heterocycles. The molecule has 0 amide bonds. The minimum Gasteiger partial charge on any atom is -0.506 e. The van der Waals surface area contributed by atoms with E-state index in [0.29, 0.717) is 36.2 Å². The molecule has 1 atom stereocenters. The summed E-state index contributed by atoms with van der Waals surface area (Å²) in [5.41, 5.74) is 1.33. The Bertz CT molecular complexity index is 1190. The minimum absolute atomic E-state index is 0. The number of nitrogens with one attached hydrogen (secondary N) is 3. The second-order valence-electron chi connectivity index (χ2n) is 7.39. The molecular formula is C22H30ClN3O5S3. The van der Waals surface area contributed by atoms with E-state index in [2.05, 4.69) is 15.0 Å². The Morgan fingerprint density at radius 3 is 2.71 bits per heavy atom. The Morgan fingerprint density at radius 2 is 1.97 bits per heavy atom. The molecule has 1 unspecified atom stereocenters. The van der Waals surface area contributed by atoms with Crippen LogP contribution in [0.25, 0.3) is 10.2 Å². The Kier molecular flexibility index (Phi) is 11.9. The highest BCUT2D eigenvalue weighted by Crippen LogP contribution is 2.27. The van der Waals surface area contributed by atoms with Gasteiger partial charge in [-0.2, -0.15) is 4.72 Å². The molecular weight excluding hydrogens is 518 g/mol. The first-order valence-electron chi connectivity index (χ1n) is 10.7. The molecule has 0 aliphatic rings. The zero-order valence-electron chi connectivity index (χ0n) is 18.8. The number of fused-ring (bicyclic) bond motifs is 1. The predicted octanol–water partition coefficient (Wildman–Crippen LogP) is 3.31. The third kappa shape index (κ3) is 8.88. The third-order valence-electron chi connectivity index (χ3n) is 4.74. The van der Waals surface area contributed by atoms with E-state index in [1.165, 1.54) is 0 Å².